The van der Waals surface area contributed by atoms with Crippen LogP contribution in [0.25, 0.3) is 0 Å². The highest BCUT2D eigenvalue weighted by atomic mass is 32.2. The fraction of sp³-hybridized carbons (Fsp3) is 0.692. The number of unbranched alkanes of at least 4 members (excludes halogenated alkanes) is 1. The SMILES string of the molecule is COCCCCS(=O)(=O)N1CCCC1c1ccsc1. The van der Waals surface area contributed by atoms with Crippen LogP contribution in [-0.4, -0.2) is 38.7 Å². The topological polar surface area (TPSA) is 46.6 Å². The molecule has 0 bridgehead atoms. The second-order valence-corrected chi connectivity index (χ2v) is 7.66. The van der Waals surface area contributed by atoms with Gasteiger partial charge in [0, 0.05) is 20.3 Å². The minimum absolute atomic E-state index is 0.0543. The molecule has 0 saturated carbocycles. The van der Waals surface area contributed by atoms with Gasteiger partial charge in [0.25, 0.3) is 0 Å². The highest BCUT2D eigenvalue weighted by Crippen LogP contribution is 2.35. The molecule has 1 unspecified atom stereocenters. The van der Waals surface area contributed by atoms with Crippen LogP contribution in [0.5, 0.6) is 0 Å². The van der Waals surface area contributed by atoms with E-state index in [4.69, 9.17) is 4.74 Å². The molecule has 1 fully saturated rings. The van der Waals surface area contributed by atoms with Crippen molar-refractivity contribution in [1.82, 2.24) is 4.31 Å². The van der Waals surface area contributed by atoms with Gasteiger partial charge in [0.05, 0.1) is 11.8 Å². The van der Waals surface area contributed by atoms with E-state index in [2.05, 4.69) is 5.38 Å². The molecule has 108 valence electrons. The fourth-order valence-electron chi connectivity index (χ4n) is 2.52. The predicted octanol–water partition coefficient (Wildman–Crippen LogP) is 2.64. The minimum atomic E-state index is -3.13. The second kappa shape index (κ2) is 6.83. The smallest absolute Gasteiger partial charge is 0.214 e. The lowest BCUT2D eigenvalue weighted by Gasteiger charge is -2.23. The van der Waals surface area contributed by atoms with E-state index >= 15 is 0 Å². The first-order chi connectivity index (χ1) is 9.15. The molecule has 0 N–H and O–H groups in total. The highest BCUT2D eigenvalue weighted by Gasteiger charge is 2.34. The van der Waals surface area contributed by atoms with E-state index in [1.165, 1.54) is 0 Å². The molecule has 1 aliphatic rings. The molecule has 6 heteroatoms. The molecule has 1 aromatic heterocycles. The van der Waals surface area contributed by atoms with E-state index in [1.54, 1.807) is 22.8 Å². The van der Waals surface area contributed by atoms with E-state index in [9.17, 15) is 8.42 Å². The third kappa shape index (κ3) is 3.78. The lowest BCUT2D eigenvalue weighted by molar-refractivity contribution is 0.194. The molecule has 19 heavy (non-hydrogen) atoms. The summed E-state index contributed by atoms with van der Waals surface area (Å²) >= 11 is 1.63. The van der Waals surface area contributed by atoms with Gasteiger partial charge >= 0.3 is 0 Å². The Hall–Kier alpha value is -0.430. The molecule has 0 aliphatic carbocycles. The molecule has 1 aliphatic heterocycles. The quantitative estimate of drug-likeness (QED) is 0.728. The number of sulfonamides is 1. The number of ether oxygens (including phenoxy) is 1. The second-order valence-electron chi connectivity index (χ2n) is 4.84. The summed E-state index contributed by atoms with van der Waals surface area (Å²) in [6.07, 6.45) is 3.36. The zero-order chi connectivity index (χ0) is 13.7. The Bertz CT molecular complexity index is 470. The first kappa shape index (κ1) is 15.0. The maximum atomic E-state index is 12.4. The molecule has 1 aromatic rings. The van der Waals surface area contributed by atoms with Gasteiger partial charge < -0.3 is 4.74 Å². The zero-order valence-electron chi connectivity index (χ0n) is 11.2. The third-order valence-corrected chi connectivity index (χ3v) is 6.15. The van der Waals surface area contributed by atoms with Crippen molar-refractivity contribution in [2.24, 2.45) is 0 Å². The Balaban J connectivity index is 1.99. The molecule has 4 nitrogen and oxygen atoms in total. The van der Waals surface area contributed by atoms with Gasteiger partial charge in [0.2, 0.25) is 10.0 Å². The van der Waals surface area contributed by atoms with E-state index in [1.807, 2.05) is 11.4 Å². The third-order valence-electron chi connectivity index (χ3n) is 3.49. The first-order valence-corrected chi connectivity index (χ1v) is 9.21. The van der Waals surface area contributed by atoms with Gasteiger partial charge in [-0.2, -0.15) is 15.6 Å². The van der Waals surface area contributed by atoms with Crippen LogP contribution in [0.4, 0.5) is 0 Å². The molecule has 2 rings (SSSR count). The monoisotopic (exact) mass is 303 g/mol. The molecular weight excluding hydrogens is 282 g/mol. The Morgan fingerprint density at radius 1 is 1.47 bits per heavy atom. The zero-order valence-corrected chi connectivity index (χ0v) is 12.9. The lowest BCUT2D eigenvalue weighted by Crippen LogP contribution is -2.32. The summed E-state index contributed by atoms with van der Waals surface area (Å²) < 4.78 is 31.4. The van der Waals surface area contributed by atoms with Crippen molar-refractivity contribution >= 4 is 21.4 Å². The molecule has 1 atom stereocenters. The maximum absolute atomic E-state index is 12.4. The van der Waals surface area contributed by atoms with E-state index in [-0.39, 0.29) is 11.8 Å². The highest BCUT2D eigenvalue weighted by molar-refractivity contribution is 7.89. The Kier molecular flexibility index (Phi) is 5.38. The van der Waals surface area contributed by atoms with Gasteiger partial charge in [-0.15, -0.1) is 0 Å². The van der Waals surface area contributed by atoms with Crippen LogP contribution in [0.2, 0.25) is 0 Å². The van der Waals surface area contributed by atoms with Crippen LogP contribution in [-0.2, 0) is 14.8 Å². The van der Waals surface area contributed by atoms with Crippen molar-refractivity contribution in [3.8, 4) is 0 Å². The fourth-order valence-corrected chi connectivity index (χ4v) is 5.05. The molecule has 0 aromatic carbocycles. The van der Waals surface area contributed by atoms with Crippen LogP contribution in [0.15, 0.2) is 16.8 Å². The van der Waals surface area contributed by atoms with E-state index in [0.29, 0.717) is 19.6 Å². The number of methoxy groups -OCH3 is 1. The van der Waals surface area contributed by atoms with Gasteiger partial charge in [-0.3, -0.25) is 0 Å². The van der Waals surface area contributed by atoms with Crippen LogP contribution < -0.4 is 0 Å². The van der Waals surface area contributed by atoms with Crippen molar-refractivity contribution in [2.75, 3.05) is 26.0 Å². The van der Waals surface area contributed by atoms with Gasteiger partial charge in [-0.05, 0) is 48.1 Å². The molecule has 0 radical (unpaired) electrons. The predicted molar refractivity (Wildman–Crippen MR) is 77.9 cm³/mol. The molecule has 2 heterocycles. The number of thiophene rings is 1. The summed E-state index contributed by atoms with van der Waals surface area (Å²) in [6, 6.07) is 2.09. The van der Waals surface area contributed by atoms with Gasteiger partial charge in [0.15, 0.2) is 0 Å². The molecular formula is C13H21NO3S2. The van der Waals surface area contributed by atoms with Gasteiger partial charge in [0.1, 0.15) is 0 Å². The summed E-state index contributed by atoms with van der Waals surface area (Å²) in [4.78, 5) is 0. The minimum Gasteiger partial charge on any atom is -0.385 e. The van der Waals surface area contributed by atoms with Gasteiger partial charge in [-0.25, -0.2) is 8.42 Å². The summed E-state index contributed by atoms with van der Waals surface area (Å²) in [5, 5.41) is 4.07. The Labute approximate surface area is 119 Å². The van der Waals surface area contributed by atoms with Crippen molar-refractivity contribution in [3.63, 3.8) is 0 Å². The van der Waals surface area contributed by atoms with E-state index < -0.39 is 10.0 Å². The summed E-state index contributed by atoms with van der Waals surface area (Å²) in [5.74, 6) is 0.233. The largest absolute Gasteiger partial charge is 0.385 e. The lowest BCUT2D eigenvalue weighted by atomic mass is 10.1. The summed E-state index contributed by atoms with van der Waals surface area (Å²) in [6.45, 7) is 1.29. The Morgan fingerprint density at radius 3 is 3.00 bits per heavy atom. The average Bonchev–Trinajstić information content (AvgIpc) is 3.03. The summed E-state index contributed by atoms with van der Waals surface area (Å²) in [5.41, 5.74) is 1.14. The van der Waals surface area contributed by atoms with Crippen molar-refractivity contribution < 1.29 is 13.2 Å². The van der Waals surface area contributed by atoms with E-state index in [0.717, 1.165) is 24.8 Å². The van der Waals surface area contributed by atoms with Crippen LogP contribution in [0.3, 0.4) is 0 Å². The summed E-state index contributed by atoms with van der Waals surface area (Å²) in [7, 11) is -1.49. The first-order valence-electron chi connectivity index (χ1n) is 6.65. The van der Waals surface area contributed by atoms with Crippen LogP contribution in [0, 0.1) is 0 Å². The number of hydrogen-bond acceptors (Lipinski definition) is 4. The number of rotatable bonds is 7. The van der Waals surface area contributed by atoms with Crippen LogP contribution >= 0.6 is 11.3 Å². The van der Waals surface area contributed by atoms with Crippen molar-refractivity contribution in [3.05, 3.63) is 22.4 Å². The normalized spacial score (nSPS) is 21.0. The number of hydrogen-bond donors (Lipinski definition) is 0. The maximum Gasteiger partial charge on any atom is 0.214 e. The average molecular weight is 303 g/mol. The molecule has 0 spiro atoms. The van der Waals surface area contributed by atoms with Crippen LogP contribution in [0.1, 0.15) is 37.3 Å². The molecule has 1 saturated heterocycles. The standard InChI is InChI=1S/C13H21NO3S2/c1-17-8-2-3-10-19(15,16)14-7-4-5-13(14)12-6-9-18-11-12/h6,9,11,13H,2-5,7-8,10H2,1H3. The van der Waals surface area contributed by atoms with Crippen molar-refractivity contribution in [2.45, 2.75) is 31.7 Å². The Morgan fingerprint density at radius 2 is 2.32 bits per heavy atom. The number of nitrogens with zero attached hydrogens (tertiary/aromatic N) is 1. The molecule has 0 amide bonds. The van der Waals surface area contributed by atoms with Crippen molar-refractivity contribution in [1.29, 1.82) is 0 Å². The van der Waals surface area contributed by atoms with Gasteiger partial charge in [-0.1, -0.05) is 0 Å².